The van der Waals surface area contributed by atoms with E-state index in [-0.39, 0.29) is 36.6 Å². The summed E-state index contributed by atoms with van der Waals surface area (Å²) in [5, 5.41) is 9.67. The van der Waals surface area contributed by atoms with Gasteiger partial charge in [0.15, 0.2) is 5.82 Å². The summed E-state index contributed by atoms with van der Waals surface area (Å²) < 4.78 is 0. The lowest BCUT2D eigenvalue weighted by atomic mass is 10.1. The van der Waals surface area contributed by atoms with Crippen molar-refractivity contribution in [3.05, 3.63) is 30.1 Å². The fourth-order valence-corrected chi connectivity index (χ4v) is 2.50. The first-order valence-electron chi connectivity index (χ1n) is 7.33. The van der Waals surface area contributed by atoms with E-state index in [1.807, 2.05) is 12.1 Å². The Labute approximate surface area is 145 Å². The van der Waals surface area contributed by atoms with Gasteiger partial charge in [-0.2, -0.15) is 5.10 Å². The van der Waals surface area contributed by atoms with E-state index in [1.165, 1.54) is 0 Å². The van der Waals surface area contributed by atoms with Gasteiger partial charge >= 0.3 is 0 Å². The van der Waals surface area contributed by atoms with Crippen molar-refractivity contribution in [1.82, 2.24) is 20.1 Å². The van der Waals surface area contributed by atoms with Crippen molar-refractivity contribution < 1.29 is 9.59 Å². The minimum absolute atomic E-state index is 0. The highest BCUT2D eigenvalue weighted by Gasteiger charge is 2.32. The molecule has 2 amide bonds. The topological polar surface area (TPSA) is 117 Å². The summed E-state index contributed by atoms with van der Waals surface area (Å²) in [5.74, 6) is 0.741. The second-order valence-corrected chi connectivity index (χ2v) is 5.55. The molecule has 0 aliphatic carbocycles. The Morgan fingerprint density at radius 3 is 2.67 bits per heavy atom. The lowest BCUT2D eigenvalue weighted by Gasteiger charge is -2.11. The number of aromatic amines is 1. The number of nitrogens with two attached hydrogens (primary N) is 1. The lowest BCUT2D eigenvalue weighted by molar-refractivity contribution is -0.127. The molecule has 1 fully saturated rings. The minimum atomic E-state index is -0.299. The van der Waals surface area contributed by atoms with Crippen LogP contribution in [-0.2, 0) is 16.1 Å². The number of anilines is 1. The molecule has 2 heterocycles. The van der Waals surface area contributed by atoms with Crippen LogP contribution in [0.2, 0.25) is 0 Å². The smallest absolute Gasteiger partial charge is 0.229 e. The van der Waals surface area contributed by atoms with Crippen molar-refractivity contribution in [2.75, 3.05) is 18.9 Å². The van der Waals surface area contributed by atoms with E-state index in [9.17, 15) is 9.59 Å². The van der Waals surface area contributed by atoms with Gasteiger partial charge in [-0.05, 0) is 24.3 Å². The van der Waals surface area contributed by atoms with E-state index in [1.54, 1.807) is 24.1 Å². The number of H-pyrrole nitrogens is 1. The summed E-state index contributed by atoms with van der Waals surface area (Å²) in [7, 11) is 1.71. The Kier molecular flexibility index (Phi) is 5.53. The summed E-state index contributed by atoms with van der Waals surface area (Å²) in [5.41, 5.74) is 7.00. The molecule has 128 valence electrons. The predicted octanol–water partition coefficient (Wildman–Crippen LogP) is 0.769. The summed E-state index contributed by atoms with van der Waals surface area (Å²) >= 11 is 0. The first-order valence-corrected chi connectivity index (χ1v) is 7.33. The number of carbonyl (C=O) groups excluding carboxylic acids is 2. The second kappa shape index (κ2) is 7.41. The van der Waals surface area contributed by atoms with Crippen molar-refractivity contribution in [3.8, 4) is 11.4 Å². The number of amides is 2. The predicted molar refractivity (Wildman–Crippen MR) is 91.3 cm³/mol. The van der Waals surface area contributed by atoms with Crippen molar-refractivity contribution >= 4 is 29.9 Å². The number of rotatable bonds is 4. The molecule has 24 heavy (non-hydrogen) atoms. The Balaban J connectivity index is 0.00000208. The molecule has 3 rings (SSSR count). The highest BCUT2D eigenvalue weighted by atomic mass is 35.5. The first-order chi connectivity index (χ1) is 11.1. The van der Waals surface area contributed by atoms with E-state index in [4.69, 9.17) is 5.73 Å². The van der Waals surface area contributed by atoms with Gasteiger partial charge in [-0.1, -0.05) is 0 Å². The first kappa shape index (κ1) is 17.9. The van der Waals surface area contributed by atoms with Crippen molar-refractivity contribution in [2.24, 2.45) is 11.7 Å². The standard InChI is InChI=1S/C15H18N6O2.ClH/c1-21-8-10(6-13(21)22)15(23)17-11-4-2-9(3-5-11)14-18-12(7-16)19-20-14;/h2-5,10H,6-8,16H2,1H3,(H,17,23)(H,18,19,20);1H. The van der Waals surface area contributed by atoms with Gasteiger partial charge in [-0.15, -0.1) is 12.4 Å². The molecule has 4 N–H and O–H groups in total. The molecule has 1 aliphatic rings. The molecular weight excluding hydrogens is 332 g/mol. The van der Waals surface area contributed by atoms with E-state index < -0.39 is 0 Å². The van der Waals surface area contributed by atoms with Crippen LogP contribution in [0.5, 0.6) is 0 Å². The average Bonchev–Trinajstić information content (AvgIpc) is 3.15. The molecule has 1 aromatic heterocycles. The number of likely N-dealkylation sites (tertiary alicyclic amines) is 1. The third-order valence-electron chi connectivity index (χ3n) is 3.85. The SMILES string of the molecule is CN1CC(C(=O)Nc2ccc(-c3n[nH]c(CN)n3)cc2)CC1=O.Cl. The van der Waals surface area contributed by atoms with Crippen molar-refractivity contribution in [3.63, 3.8) is 0 Å². The zero-order chi connectivity index (χ0) is 16.4. The highest BCUT2D eigenvalue weighted by molar-refractivity contribution is 5.97. The molecule has 1 saturated heterocycles. The fourth-order valence-electron chi connectivity index (χ4n) is 2.50. The fraction of sp³-hybridized carbons (Fsp3) is 0.333. The van der Waals surface area contributed by atoms with Crippen LogP contribution in [0.1, 0.15) is 12.2 Å². The molecule has 0 radical (unpaired) electrons. The molecule has 9 heteroatoms. The molecule has 1 atom stereocenters. The molecule has 1 aromatic carbocycles. The van der Waals surface area contributed by atoms with E-state index in [2.05, 4.69) is 20.5 Å². The summed E-state index contributed by atoms with van der Waals surface area (Å²) in [6.07, 6.45) is 0.263. The van der Waals surface area contributed by atoms with Crippen LogP contribution in [0.25, 0.3) is 11.4 Å². The molecule has 0 saturated carbocycles. The van der Waals surface area contributed by atoms with Crippen LogP contribution in [0.15, 0.2) is 24.3 Å². The molecule has 0 spiro atoms. The van der Waals surface area contributed by atoms with E-state index in [0.29, 0.717) is 30.4 Å². The number of carbonyl (C=O) groups is 2. The van der Waals surface area contributed by atoms with Crippen LogP contribution < -0.4 is 11.1 Å². The average molecular weight is 351 g/mol. The maximum atomic E-state index is 12.2. The van der Waals surface area contributed by atoms with Gasteiger partial charge in [0.05, 0.1) is 12.5 Å². The molecule has 2 aromatic rings. The number of aromatic nitrogens is 3. The van der Waals surface area contributed by atoms with Crippen LogP contribution >= 0.6 is 12.4 Å². The highest BCUT2D eigenvalue weighted by Crippen LogP contribution is 2.21. The third kappa shape index (κ3) is 3.72. The molecule has 1 aliphatic heterocycles. The lowest BCUT2D eigenvalue weighted by Crippen LogP contribution is -2.25. The maximum absolute atomic E-state index is 12.2. The van der Waals surface area contributed by atoms with Gasteiger partial charge in [-0.25, -0.2) is 4.98 Å². The molecule has 0 bridgehead atoms. The van der Waals surface area contributed by atoms with Crippen LogP contribution in [0.3, 0.4) is 0 Å². The van der Waals surface area contributed by atoms with E-state index >= 15 is 0 Å². The van der Waals surface area contributed by atoms with Gasteiger partial charge in [0.1, 0.15) is 5.82 Å². The summed E-state index contributed by atoms with van der Waals surface area (Å²) in [6, 6.07) is 7.22. The van der Waals surface area contributed by atoms with E-state index in [0.717, 1.165) is 5.56 Å². The third-order valence-corrected chi connectivity index (χ3v) is 3.85. The van der Waals surface area contributed by atoms with Gasteiger partial charge in [0.25, 0.3) is 0 Å². The number of halogens is 1. The summed E-state index contributed by atoms with van der Waals surface area (Å²) in [4.78, 5) is 29.5. The zero-order valence-electron chi connectivity index (χ0n) is 13.2. The number of nitrogens with one attached hydrogen (secondary N) is 2. The van der Waals surface area contributed by atoms with Crippen molar-refractivity contribution in [2.45, 2.75) is 13.0 Å². The Bertz CT molecular complexity index is 730. The Hall–Kier alpha value is -2.45. The number of hydrogen-bond donors (Lipinski definition) is 3. The van der Waals surface area contributed by atoms with Crippen LogP contribution in [0, 0.1) is 5.92 Å². The van der Waals surface area contributed by atoms with Crippen LogP contribution in [-0.4, -0.2) is 45.5 Å². The molecular formula is C15H19ClN6O2. The summed E-state index contributed by atoms with van der Waals surface area (Å²) in [6.45, 7) is 0.761. The Morgan fingerprint density at radius 2 is 2.12 bits per heavy atom. The number of hydrogen-bond acceptors (Lipinski definition) is 5. The Morgan fingerprint density at radius 1 is 1.42 bits per heavy atom. The van der Waals surface area contributed by atoms with Gasteiger partial charge in [0, 0.05) is 31.3 Å². The quantitative estimate of drug-likeness (QED) is 0.752. The second-order valence-electron chi connectivity index (χ2n) is 5.55. The zero-order valence-corrected chi connectivity index (χ0v) is 14.0. The number of benzene rings is 1. The van der Waals surface area contributed by atoms with Gasteiger partial charge in [0.2, 0.25) is 11.8 Å². The molecule has 1 unspecified atom stereocenters. The largest absolute Gasteiger partial charge is 0.345 e. The normalized spacial score (nSPS) is 16.8. The number of nitrogens with zero attached hydrogens (tertiary/aromatic N) is 3. The maximum Gasteiger partial charge on any atom is 0.229 e. The van der Waals surface area contributed by atoms with Gasteiger partial charge in [-0.3, -0.25) is 14.7 Å². The monoisotopic (exact) mass is 350 g/mol. The van der Waals surface area contributed by atoms with Crippen molar-refractivity contribution in [1.29, 1.82) is 0 Å². The minimum Gasteiger partial charge on any atom is -0.345 e. The molecule has 8 nitrogen and oxygen atoms in total. The van der Waals surface area contributed by atoms with Crippen LogP contribution in [0.4, 0.5) is 5.69 Å². The van der Waals surface area contributed by atoms with Gasteiger partial charge < -0.3 is 16.0 Å².